The van der Waals surface area contributed by atoms with Crippen molar-refractivity contribution in [1.82, 2.24) is 29.4 Å². The molecule has 254 valence electrons. The molecule has 2 aromatic heterocycles. The van der Waals surface area contributed by atoms with E-state index in [-0.39, 0.29) is 34.8 Å². The van der Waals surface area contributed by atoms with Gasteiger partial charge in [0.1, 0.15) is 11.3 Å². The number of aliphatic imine (C=N–C) groups is 1. The Morgan fingerprint density at radius 3 is 2.33 bits per heavy atom. The monoisotopic (exact) mass is 672 g/mol. The van der Waals surface area contributed by atoms with Crippen molar-refractivity contribution >= 4 is 17.5 Å². The molecule has 0 unspecified atom stereocenters. The van der Waals surface area contributed by atoms with Crippen LogP contribution in [0.5, 0.6) is 0 Å². The molecule has 0 bridgehead atoms. The molecule has 0 spiro atoms. The first-order valence-electron chi connectivity index (χ1n) is 16.1. The van der Waals surface area contributed by atoms with Gasteiger partial charge in [0.2, 0.25) is 5.91 Å². The normalized spacial score (nSPS) is 17.5. The van der Waals surface area contributed by atoms with Gasteiger partial charge in [0.15, 0.2) is 0 Å². The van der Waals surface area contributed by atoms with E-state index in [1.165, 1.54) is 34.7 Å². The molecule has 2 fully saturated rings. The molecule has 14 heteroatoms. The lowest BCUT2D eigenvalue weighted by Gasteiger charge is -2.31. The summed E-state index contributed by atoms with van der Waals surface area (Å²) in [5, 5.41) is 16.8. The molecule has 11 nitrogen and oxygen atoms in total. The van der Waals surface area contributed by atoms with Crippen LogP contribution in [0.4, 0.5) is 13.2 Å². The fraction of sp³-hybridized carbons (Fsp3) is 0.371. The van der Waals surface area contributed by atoms with E-state index in [1.807, 2.05) is 6.07 Å². The van der Waals surface area contributed by atoms with Crippen molar-refractivity contribution in [3.63, 3.8) is 0 Å². The molecule has 6 rings (SSSR count). The second-order valence-electron chi connectivity index (χ2n) is 12.5. The molecule has 3 heterocycles. The van der Waals surface area contributed by atoms with E-state index in [4.69, 9.17) is 0 Å². The third-order valence-electron chi connectivity index (χ3n) is 9.28. The van der Waals surface area contributed by atoms with Crippen LogP contribution < -0.4 is 10.9 Å². The van der Waals surface area contributed by atoms with Crippen LogP contribution in [0.15, 0.2) is 70.6 Å². The summed E-state index contributed by atoms with van der Waals surface area (Å²) in [5.74, 6) is -1.04. The number of rotatable bonds is 6. The van der Waals surface area contributed by atoms with Crippen LogP contribution >= 0.6 is 0 Å². The Morgan fingerprint density at radius 2 is 1.67 bits per heavy atom. The molecule has 0 radical (unpaired) electrons. The largest absolute Gasteiger partial charge is 0.416 e. The van der Waals surface area contributed by atoms with E-state index < -0.39 is 23.2 Å². The maximum Gasteiger partial charge on any atom is 0.416 e. The summed E-state index contributed by atoms with van der Waals surface area (Å²) in [5.41, 5.74) is -0.301. The van der Waals surface area contributed by atoms with Gasteiger partial charge in [-0.15, -0.1) is 0 Å². The van der Waals surface area contributed by atoms with Crippen molar-refractivity contribution in [2.24, 2.45) is 18.0 Å². The molecule has 2 aromatic carbocycles. The predicted octanol–water partition coefficient (Wildman–Crippen LogP) is 4.90. The number of alkyl halides is 3. The number of piperidine rings is 1. The minimum absolute atomic E-state index is 0.00492. The van der Waals surface area contributed by atoms with E-state index in [0.717, 1.165) is 42.7 Å². The van der Waals surface area contributed by atoms with Crippen LogP contribution in [0.2, 0.25) is 0 Å². The number of amides is 2. The Morgan fingerprint density at radius 1 is 0.980 bits per heavy atom. The number of nitriles is 1. The van der Waals surface area contributed by atoms with Gasteiger partial charge in [0.05, 0.1) is 40.5 Å². The highest BCUT2D eigenvalue weighted by molar-refractivity contribution is 6.07. The minimum atomic E-state index is -4.66. The molecule has 4 aromatic rings. The number of benzene rings is 2. The number of nitrogens with one attached hydrogen (secondary N) is 1. The third-order valence-corrected chi connectivity index (χ3v) is 9.28. The smallest absolute Gasteiger partial charge is 0.353 e. The summed E-state index contributed by atoms with van der Waals surface area (Å²) >= 11 is 0. The Kier molecular flexibility index (Phi) is 9.38. The lowest BCUT2D eigenvalue weighted by molar-refractivity contribution is -0.137. The molecule has 2 amide bonds. The predicted molar refractivity (Wildman–Crippen MR) is 176 cm³/mol. The van der Waals surface area contributed by atoms with E-state index in [0.29, 0.717) is 48.3 Å². The van der Waals surface area contributed by atoms with Gasteiger partial charge in [-0.25, -0.2) is 14.4 Å². The summed E-state index contributed by atoms with van der Waals surface area (Å²) < 4.78 is 44.8. The second-order valence-corrected chi connectivity index (χ2v) is 12.5. The van der Waals surface area contributed by atoms with Crippen LogP contribution in [0, 0.1) is 17.2 Å². The molecule has 1 aliphatic heterocycles. The number of carbonyl (C=O) groups is 2. The first kappa shape index (κ1) is 33.6. The Balaban J connectivity index is 1.34. The zero-order valence-electron chi connectivity index (χ0n) is 27.1. The summed E-state index contributed by atoms with van der Waals surface area (Å²) in [6, 6.07) is 14.6. The number of carbonyl (C=O) groups excluding carboxylic acids is 2. The van der Waals surface area contributed by atoms with Crippen molar-refractivity contribution in [2.75, 3.05) is 20.1 Å². The Labute approximate surface area is 280 Å². The number of likely N-dealkylation sites (tertiary alicyclic amines) is 1. The fourth-order valence-electron chi connectivity index (χ4n) is 6.56. The maximum atomic E-state index is 14.1. The molecule has 1 N–H and O–H groups in total. The third kappa shape index (κ3) is 6.98. The maximum absolute atomic E-state index is 14.1. The first-order chi connectivity index (χ1) is 23.4. The van der Waals surface area contributed by atoms with Crippen LogP contribution in [0.3, 0.4) is 0 Å². The highest BCUT2D eigenvalue weighted by Gasteiger charge is 2.33. The lowest BCUT2D eigenvalue weighted by atomic mass is 9.86. The standard InChI is InChI=1S/C35H35F3N8O3/c1-43-18-15-26(16-19-43)41-32(47)23-8-10-25(11-9-23)42-33(48)30-31(29-14-17-40-45(29)27-12-6-22(21-39)7-13-27)44(2)46(34(30)49)28-5-3-4-24(20-28)35(36,37)38/h3-7,12-14,17,20,23,26H,8-11,15-16,18-19H2,1-2H3,(H,41,47). The summed E-state index contributed by atoms with van der Waals surface area (Å²) in [6.07, 6.45) is 0.412. The van der Waals surface area contributed by atoms with Gasteiger partial charge in [-0.05, 0) is 107 Å². The summed E-state index contributed by atoms with van der Waals surface area (Å²) in [7, 11) is 3.54. The SMILES string of the molecule is CN1CCC(NC(=O)C2CCC(=NC(=O)c3c(-c4ccnn4-c4ccc(C#N)cc4)n(C)n(-c4cccc(C(F)(F)F)c4)c3=O)CC2)CC1. The zero-order chi connectivity index (χ0) is 34.9. The van der Waals surface area contributed by atoms with Crippen LogP contribution in [0.1, 0.15) is 60.0 Å². The molecule has 0 atom stereocenters. The van der Waals surface area contributed by atoms with Gasteiger partial charge in [-0.2, -0.15) is 23.5 Å². The number of halogens is 3. The zero-order valence-corrected chi connectivity index (χ0v) is 27.1. The van der Waals surface area contributed by atoms with Crippen molar-refractivity contribution in [3.8, 4) is 28.8 Å². The van der Waals surface area contributed by atoms with Gasteiger partial charge in [0, 0.05) is 24.7 Å². The highest BCUT2D eigenvalue weighted by atomic mass is 19.4. The molecule has 1 aliphatic carbocycles. The highest BCUT2D eigenvalue weighted by Crippen LogP contribution is 2.32. The minimum Gasteiger partial charge on any atom is -0.353 e. The quantitative estimate of drug-likeness (QED) is 0.310. The van der Waals surface area contributed by atoms with Gasteiger partial charge < -0.3 is 10.2 Å². The average Bonchev–Trinajstić information content (AvgIpc) is 3.67. The molecule has 1 saturated heterocycles. The van der Waals surface area contributed by atoms with E-state index >= 15 is 0 Å². The van der Waals surface area contributed by atoms with Crippen LogP contribution in [-0.4, -0.2) is 67.7 Å². The first-order valence-corrected chi connectivity index (χ1v) is 16.1. The Hall–Kier alpha value is -5.29. The lowest BCUT2D eigenvalue weighted by Crippen LogP contribution is -2.45. The van der Waals surface area contributed by atoms with E-state index in [9.17, 15) is 32.8 Å². The number of hydrogen-bond donors (Lipinski definition) is 1. The number of nitrogens with zero attached hydrogens (tertiary/aromatic N) is 7. The van der Waals surface area contributed by atoms with Gasteiger partial charge in [0.25, 0.3) is 11.5 Å². The van der Waals surface area contributed by atoms with Crippen molar-refractivity contribution < 1.29 is 22.8 Å². The van der Waals surface area contributed by atoms with E-state index in [1.54, 1.807) is 30.3 Å². The Bertz CT molecular complexity index is 2000. The van der Waals surface area contributed by atoms with Crippen molar-refractivity contribution in [3.05, 3.63) is 87.8 Å². The van der Waals surface area contributed by atoms with Gasteiger partial charge in [-0.1, -0.05) is 6.07 Å². The van der Waals surface area contributed by atoms with E-state index in [2.05, 4.69) is 27.4 Å². The van der Waals surface area contributed by atoms with Crippen LogP contribution in [-0.2, 0) is 18.0 Å². The number of hydrogen-bond acceptors (Lipinski definition) is 6. The molecule has 1 saturated carbocycles. The molecular weight excluding hydrogens is 637 g/mol. The second kappa shape index (κ2) is 13.7. The number of aromatic nitrogens is 4. The summed E-state index contributed by atoms with van der Waals surface area (Å²) in [4.78, 5) is 47.6. The molecular formula is C35H35F3N8O3. The molecule has 2 aliphatic rings. The van der Waals surface area contributed by atoms with Crippen molar-refractivity contribution in [2.45, 2.75) is 50.7 Å². The van der Waals surface area contributed by atoms with Gasteiger partial charge in [-0.3, -0.25) is 19.1 Å². The average molecular weight is 673 g/mol. The van der Waals surface area contributed by atoms with Crippen LogP contribution in [0.25, 0.3) is 22.8 Å². The summed E-state index contributed by atoms with van der Waals surface area (Å²) in [6.45, 7) is 1.86. The molecule has 49 heavy (non-hydrogen) atoms. The fourth-order valence-corrected chi connectivity index (χ4v) is 6.56. The van der Waals surface area contributed by atoms with Gasteiger partial charge >= 0.3 is 6.18 Å². The van der Waals surface area contributed by atoms with Crippen molar-refractivity contribution in [1.29, 1.82) is 5.26 Å². The topological polar surface area (TPSA) is 130 Å².